The van der Waals surface area contributed by atoms with Crippen LogP contribution in [0.1, 0.15) is 13.8 Å². The quantitative estimate of drug-likeness (QED) is 0.544. The summed E-state index contributed by atoms with van der Waals surface area (Å²) in [6.07, 6.45) is 1.94. The molecule has 0 radical (unpaired) electrons. The third-order valence-corrected chi connectivity index (χ3v) is 1.97. The van der Waals surface area contributed by atoms with E-state index in [0.717, 1.165) is 0 Å². The molecule has 0 rings (SSSR count). The van der Waals surface area contributed by atoms with Crippen LogP contribution in [-0.2, 0) is 4.79 Å². The lowest BCUT2D eigenvalue weighted by atomic mass is 10.3. The topological polar surface area (TPSA) is 17.1 Å². The Balaban J connectivity index is 3.34. The van der Waals surface area contributed by atoms with Gasteiger partial charge in [-0.3, -0.25) is 4.79 Å². The molecule has 0 unspecified atom stereocenters. The summed E-state index contributed by atoms with van der Waals surface area (Å²) in [5.41, 5.74) is 0. The molecule has 0 aliphatic heterocycles. The standard InChI is InChI=1S/C5H10OS/c1-4(6)5(2)7-3/h5H,1-3H3/t5-/m1/s1. The molecular formula is C5H10OS. The Morgan fingerprint density at radius 3 is 2.14 bits per heavy atom. The van der Waals surface area contributed by atoms with Crippen molar-refractivity contribution in [3.63, 3.8) is 0 Å². The smallest absolute Gasteiger partial charge is 0.142 e. The van der Waals surface area contributed by atoms with Crippen LogP contribution in [-0.4, -0.2) is 17.3 Å². The molecule has 0 fully saturated rings. The van der Waals surface area contributed by atoms with Crippen molar-refractivity contribution < 1.29 is 4.79 Å². The van der Waals surface area contributed by atoms with E-state index in [0.29, 0.717) is 0 Å². The Bertz CT molecular complexity index is 70.5. The van der Waals surface area contributed by atoms with Gasteiger partial charge in [-0.15, -0.1) is 0 Å². The molecule has 0 aromatic rings. The number of carbonyl (C=O) groups is 1. The van der Waals surface area contributed by atoms with E-state index in [1.807, 2.05) is 13.2 Å². The van der Waals surface area contributed by atoms with Crippen molar-refractivity contribution in [1.82, 2.24) is 0 Å². The Morgan fingerprint density at radius 1 is 1.71 bits per heavy atom. The highest BCUT2D eigenvalue weighted by atomic mass is 32.2. The molecule has 1 nitrogen and oxygen atoms in total. The van der Waals surface area contributed by atoms with Crippen LogP contribution in [0.4, 0.5) is 0 Å². The van der Waals surface area contributed by atoms with E-state index in [9.17, 15) is 4.79 Å². The molecule has 0 aromatic heterocycles. The molecule has 42 valence electrons. The molecule has 0 saturated carbocycles. The Morgan fingerprint density at radius 2 is 2.14 bits per heavy atom. The molecule has 1 atom stereocenters. The van der Waals surface area contributed by atoms with Gasteiger partial charge in [-0.2, -0.15) is 11.8 Å². The zero-order chi connectivity index (χ0) is 5.86. The molecule has 0 aliphatic carbocycles. The minimum absolute atomic E-state index is 0.181. The van der Waals surface area contributed by atoms with E-state index in [2.05, 4.69) is 0 Å². The summed E-state index contributed by atoms with van der Waals surface area (Å²) in [6, 6.07) is 0. The fourth-order valence-corrected chi connectivity index (χ4v) is 0.498. The third kappa shape index (κ3) is 2.68. The lowest BCUT2D eigenvalue weighted by Gasteiger charge is -1.98. The molecule has 0 aliphatic rings. The van der Waals surface area contributed by atoms with Crippen molar-refractivity contribution in [2.45, 2.75) is 19.1 Å². The Labute approximate surface area is 48.5 Å². The summed E-state index contributed by atoms with van der Waals surface area (Å²) in [5, 5.41) is 0.181. The summed E-state index contributed by atoms with van der Waals surface area (Å²) in [6.45, 7) is 3.52. The summed E-state index contributed by atoms with van der Waals surface area (Å²) >= 11 is 1.58. The van der Waals surface area contributed by atoms with Gasteiger partial charge >= 0.3 is 0 Å². The predicted octanol–water partition coefficient (Wildman–Crippen LogP) is 1.33. The SMILES string of the molecule is CS[C@H](C)C(C)=O. The highest BCUT2D eigenvalue weighted by Gasteiger charge is 2.01. The molecule has 0 bridgehead atoms. The van der Waals surface area contributed by atoms with Crippen LogP contribution in [0.5, 0.6) is 0 Å². The molecule has 2 heteroatoms. The second kappa shape index (κ2) is 3.08. The second-order valence-electron chi connectivity index (χ2n) is 1.49. The lowest BCUT2D eigenvalue weighted by molar-refractivity contribution is -0.116. The van der Waals surface area contributed by atoms with Gasteiger partial charge in [0.05, 0.1) is 5.25 Å². The second-order valence-corrected chi connectivity index (χ2v) is 2.67. The highest BCUT2D eigenvalue weighted by Crippen LogP contribution is 2.04. The van der Waals surface area contributed by atoms with E-state index in [1.165, 1.54) is 0 Å². The summed E-state index contributed by atoms with van der Waals surface area (Å²) in [4.78, 5) is 10.4. The van der Waals surface area contributed by atoms with E-state index in [4.69, 9.17) is 0 Å². The molecule has 7 heavy (non-hydrogen) atoms. The van der Waals surface area contributed by atoms with Crippen LogP contribution in [0.25, 0.3) is 0 Å². The minimum Gasteiger partial charge on any atom is -0.299 e. The van der Waals surface area contributed by atoms with Gasteiger partial charge in [0.25, 0.3) is 0 Å². The number of hydrogen-bond acceptors (Lipinski definition) is 2. The molecule has 0 aromatic carbocycles. The van der Waals surface area contributed by atoms with Gasteiger partial charge < -0.3 is 0 Å². The lowest BCUT2D eigenvalue weighted by Crippen LogP contribution is -2.06. The molecule has 0 spiro atoms. The van der Waals surface area contributed by atoms with Gasteiger partial charge in [0.1, 0.15) is 5.78 Å². The number of rotatable bonds is 2. The molecule has 0 heterocycles. The van der Waals surface area contributed by atoms with Crippen LogP contribution >= 0.6 is 11.8 Å². The molecule has 0 N–H and O–H groups in total. The number of ketones is 1. The van der Waals surface area contributed by atoms with Gasteiger partial charge in [-0.25, -0.2) is 0 Å². The maximum absolute atomic E-state index is 10.4. The van der Waals surface area contributed by atoms with Crippen molar-refractivity contribution in [2.75, 3.05) is 6.26 Å². The summed E-state index contributed by atoms with van der Waals surface area (Å²) in [7, 11) is 0. The maximum Gasteiger partial charge on any atom is 0.142 e. The minimum atomic E-state index is 0.181. The zero-order valence-corrected chi connectivity index (χ0v) is 5.71. The number of thioether (sulfide) groups is 1. The fourth-order valence-electron chi connectivity index (χ4n) is 0.166. The molecule has 0 amide bonds. The first-order chi connectivity index (χ1) is 3.18. The van der Waals surface area contributed by atoms with E-state index < -0.39 is 0 Å². The summed E-state index contributed by atoms with van der Waals surface area (Å²) < 4.78 is 0. The predicted molar refractivity (Wildman–Crippen MR) is 33.7 cm³/mol. The van der Waals surface area contributed by atoms with Gasteiger partial charge in [-0.05, 0) is 20.1 Å². The van der Waals surface area contributed by atoms with E-state index in [1.54, 1.807) is 18.7 Å². The largest absolute Gasteiger partial charge is 0.299 e. The van der Waals surface area contributed by atoms with Crippen molar-refractivity contribution in [3.05, 3.63) is 0 Å². The molecular weight excluding hydrogens is 108 g/mol. The van der Waals surface area contributed by atoms with Crippen LogP contribution in [0, 0.1) is 0 Å². The van der Waals surface area contributed by atoms with E-state index >= 15 is 0 Å². The van der Waals surface area contributed by atoms with E-state index in [-0.39, 0.29) is 11.0 Å². The van der Waals surface area contributed by atoms with Crippen molar-refractivity contribution in [3.8, 4) is 0 Å². The van der Waals surface area contributed by atoms with Crippen molar-refractivity contribution in [2.24, 2.45) is 0 Å². The number of hydrogen-bond donors (Lipinski definition) is 0. The monoisotopic (exact) mass is 118 g/mol. The van der Waals surface area contributed by atoms with Gasteiger partial charge in [-0.1, -0.05) is 0 Å². The number of carbonyl (C=O) groups excluding carboxylic acids is 1. The first-order valence-corrected chi connectivity index (χ1v) is 3.50. The third-order valence-electron chi connectivity index (χ3n) is 0.926. The van der Waals surface area contributed by atoms with Crippen LogP contribution in [0.2, 0.25) is 0 Å². The first-order valence-electron chi connectivity index (χ1n) is 2.21. The van der Waals surface area contributed by atoms with Crippen molar-refractivity contribution >= 4 is 17.5 Å². The Hall–Kier alpha value is 0.0200. The maximum atomic E-state index is 10.4. The summed E-state index contributed by atoms with van der Waals surface area (Å²) in [5.74, 6) is 0.257. The van der Waals surface area contributed by atoms with Crippen molar-refractivity contribution in [1.29, 1.82) is 0 Å². The van der Waals surface area contributed by atoms with Gasteiger partial charge in [0.2, 0.25) is 0 Å². The Kier molecular flexibility index (Phi) is 3.09. The fraction of sp³-hybridized carbons (Fsp3) is 0.800. The highest BCUT2D eigenvalue weighted by molar-refractivity contribution is 7.99. The zero-order valence-electron chi connectivity index (χ0n) is 4.89. The average Bonchev–Trinajstić information content (AvgIpc) is 1.65. The number of Topliss-reactive ketones (excluding diaryl/α,β-unsaturated/α-hetero) is 1. The van der Waals surface area contributed by atoms with Crippen LogP contribution in [0.15, 0.2) is 0 Å². The molecule has 0 saturated heterocycles. The van der Waals surface area contributed by atoms with Crippen LogP contribution < -0.4 is 0 Å². The average molecular weight is 118 g/mol. The van der Waals surface area contributed by atoms with Gasteiger partial charge in [0.15, 0.2) is 0 Å². The normalized spacial score (nSPS) is 13.6. The first kappa shape index (κ1) is 7.02. The van der Waals surface area contributed by atoms with Crippen LogP contribution in [0.3, 0.4) is 0 Å². The van der Waals surface area contributed by atoms with Gasteiger partial charge in [0, 0.05) is 0 Å².